The number of ketones is 2. The third kappa shape index (κ3) is 10.7. The Morgan fingerprint density at radius 3 is 2.31 bits per heavy atom. The molecular formula is C42H67N3O10. The Morgan fingerprint density at radius 2 is 1.65 bits per heavy atom. The third-order valence-corrected chi connectivity index (χ3v) is 12.1. The Morgan fingerprint density at radius 1 is 0.964 bits per heavy atom. The number of fused-ring (bicyclic) bond motifs is 1. The minimum absolute atomic E-state index is 0.138. The van der Waals surface area contributed by atoms with Gasteiger partial charge in [0.1, 0.15) is 23.9 Å². The number of cyclic esters (lactones) is 1. The number of alkyl carbamates (subject to hydrolysis) is 1. The molecule has 13 nitrogen and oxygen atoms in total. The quantitative estimate of drug-likeness (QED) is 0.147. The van der Waals surface area contributed by atoms with E-state index in [0.717, 1.165) is 25.8 Å². The molecule has 310 valence electrons. The maximum absolute atomic E-state index is 14.4. The summed E-state index contributed by atoms with van der Waals surface area (Å²) in [6, 6.07) is 9.28. The smallest absolute Gasteiger partial charge is 0.408 e. The van der Waals surface area contributed by atoms with Gasteiger partial charge in [-0.2, -0.15) is 0 Å². The number of carbonyl (C=O) groups excluding carboxylic acids is 4. The highest BCUT2D eigenvalue weighted by molar-refractivity contribution is 6.00. The van der Waals surface area contributed by atoms with Crippen LogP contribution >= 0.6 is 0 Å². The van der Waals surface area contributed by atoms with Crippen molar-refractivity contribution in [3.63, 3.8) is 0 Å². The number of rotatable bonds is 13. The number of amides is 1. The summed E-state index contributed by atoms with van der Waals surface area (Å²) in [5.41, 5.74) is -1.34. The van der Waals surface area contributed by atoms with Crippen LogP contribution in [-0.2, 0) is 44.5 Å². The molecule has 1 aromatic carbocycles. The fourth-order valence-corrected chi connectivity index (χ4v) is 8.83. The number of benzene rings is 1. The van der Waals surface area contributed by atoms with E-state index < -0.39 is 83.4 Å². The summed E-state index contributed by atoms with van der Waals surface area (Å²) in [5, 5.41) is 17.8. The van der Waals surface area contributed by atoms with Crippen molar-refractivity contribution < 1.29 is 48.0 Å². The first kappa shape index (κ1) is 44.8. The zero-order valence-corrected chi connectivity index (χ0v) is 34.7. The first-order chi connectivity index (χ1) is 25.9. The second-order valence-corrected chi connectivity index (χ2v) is 16.7. The predicted octanol–water partition coefficient (Wildman–Crippen LogP) is 4.46. The molecule has 1 aromatic rings. The number of aliphatic hydroxyl groups is 1. The van der Waals surface area contributed by atoms with Crippen molar-refractivity contribution in [3.05, 3.63) is 35.9 Å². The van der Waals surface area contributed by atoms with Crippen LogP contribution in [0.4, 0.5) is 4.79 Å². The number of nitrogens with one attached hydrogen (secondary N) is 2. The van der Waals surface area contributed by atoms with Gasteiger partial charge < -0.3 is 44.3 Å². The molecule has 0 radical (unpaired) electrons. The number of hydrogen-bond acceptors (Lipinski definition) is 12. The number of Topliss-reactive ketones (excluding diaryl/α,β-unsaturated/α-hetero) is 2. The number of esters is 1. The number of aryl methyl sites for hydroxylation is 1. The largest absolute Gasteiger partial charge is 0.458 e. The second kappa shape index (κ2) is 19.5. The first-order valence-corrected chi connectivity index (χ1v) is 20.2. The Balaban J connectivity index is 1.65. The number of hydrogen-bond donors (Lipinski definition) is 3. The molecule has 13 atom stereocenters. The van der Waals surface area contributed by atoms with Crippen LogP contribution in [0.5, 0.6) is 0 Å². The van der Waals surface area contributed by atoms with Crippen LogP contribution in [0, 0.1) is 23.7 Å². The van der Waals surface area contributed by atoms with E-state index in [1.54, 1.807) is 27.7 Å². The minimum Gasteiger partial charge on any atom is -0.458 e. The molecule has 0 spiro atoms. The fourth-order valence-electron chi connectivity index (χ4n) is 8.83. The van der Waals surface area contributed by atoms with E-state index >= 15 is 0 Å². The van der Waals surface area contributed by atoms with Gasteiger partial charge in [-0.3, -0.25) is 14.4 Å². The van der Waals surface area contributed by atoms with Crippen molar-refractivity contribution in [2.24, 2.45) is 23.7 Å². The van der Waals surface area contributed by atoms with Crippen LogP contribution in [0.3, 0.4) is 0 Å². The second-order valence-electron chi connectivity index (χ2n) is 16.7. The molecule has 55 heavy (non-hydrogen) atoms. The van der Waals surface area contributed by atoms with Crippen molar-refractivity contribution >= 4 is 23.6 Å². The molecule has 3 N–H and O–H groups in total. The monoisotopic (exact) mass is 773 g/mol. The van der Waals surface area contributed by atoms with Crippen LogP contribution in [0.25, 0.3) is 0 Å². The van der Waals surface area contributed by atoms with Crippen molar-refractivity contribution in [1.82, 2.24) is 15.5 Å². The summed E-state index contributed by atoms with van der Waals surface area (Å²) < 4.78 is 31.4. The Kier molecular flexibility index (Phi) is 15.9. The molecule has 0 aliphatic carbocycles. The number of ether oxygens (including phenoxy) is 5. The van der Waals surface area contributed by atoms with E-state index in [4.69, 9.17) is 23.7 Å². The van der Waals surface area contributed by atoms with E-state index in [-0.39, 0.29) is 37.4 Å². The molecule has 13 heteroatoms. The van der Waals surface area contributed by atoms with Gasteiger partial charge in [0.05, 0.1) is 30.5 Å². The summed E-state index contributed by atoms with van der Waals surface area (Å²) in [6.45, 7) is 15.5. The van der Waals surface area contributed by atoms with Crippen molar-refractivity contribution in [2.75, 3.05) is 33.8 Å². The van der Waals surface area contributed by atoms with Gasteiger partial charge in [-0.15, -0.1) is 0 Å². The standard InChI is InChI=1S/C42H67N3O10/c1-11-32-42(8)36(44-40(50)55-42)27(4)33(46)25(2)24-41(7,51-22-21-43-20-16-15-19-30-17-13-12-14-18-30)37(28(5)34(47)29(6)38(49)53-32)54-39-35(48)31(45(9)10)23-26(3)52-39/h12-14,17-18,25-29,31-32,35-37,39,43,48H,11,15-16,19-24H2,1-10H3,(H,44,50)/t25-,26-,27+,28+,29-,31+,32-,35-,36-,37-,39+,41-,42-/m1/s1. The van der Waals surface area contributed by atoms with Gasteiger partial charge in [-0.05, 0) is 92.4 Å². The lowest BCUT2D eigenvalue weighted by atomic mass is 9.73. The summed E-state index contributed by atoms with van der Waals surface area (Å²) >= 11 is 0. The van der Waals surface area contributed by atoms with E-state index in [2.05, 4.69) is 22.8 Å². The molecule has 1 amide bonds. The average molecular weight is 774 g/mol. The van der Waals surface area contributed by atoms with Gasteiger partial charge in [-0.25, -0.2) is 4.79 Å². The number of likely N-dealkylation sites (N-methyl/N-ethyl adjacent to an activating group) is 1. The summed E-state index contributed by atoms with van der Waals surface area (Å²) in [5.74, 6) is -4.92. The van der Waals surface area contributed by atoms with Crippen LogP contribution in [0.1, 0.15) is 93.1 Å². The molecule has 0 saturated carbocycles. The zero-order valence-electron chi connectivity index (χ0n) is 34.7. The lowest BCUT2D eigenvalue weighted by molar-refractivity contribution is -0.297. The molecule has 4 rings (SSSR count). The molecule has 3 aliphatic rings. The topological polar surface area (TPSA) is 162 Å². The Labute approximate surface area is 327 Å². The van der Waals surface area contributed by atoms with E-state index in [1.807, 2.05) is 58.0 Å². The van der Waals surface area contributed by atoms with Gasteiger partial charge in [0.25, 0.3) is 0 Å². The lowest BCUT2D eigenvalue weighted by Crippen LogP contribution is -2.60. The molecule has 0 unspecified atom stereocenters. The van der Waals surface area contributed by atoms with Gasteiger partial charge in [-0.1, -0.05) is 58.0 Å². The highest BCUT2D eigenvalue weighted by Crippen LogP contribution is 2.40. The third-order valence-electron chi connectivity index (χ3n) is 12.1. The Hall–Kier alpha value is -2.94. The number of aliphatic hydroxyl groups excluding tert-OH is 1. The molecule has 3 fully saturated rings. The predicted molar refractivity (Wildman–Crippen MR) is 207 cm³/mol. The molecule has 3 aliphatic heterocycles. The lowest BCUT2D eigenvalue weighted by Gasteiger charge is -2.47. The van der Waals surface area contributed by atoms with Gasteiger partial charge >= 0.3 is 12.1 Å². The molecular weight excluding hydrogens is 706 g/mol. The number of nitrogens with zero attached hydrogens (tertiary/aromatic N) is 1. The fraction of sp³-hybridized carbons (Fsp3) is 0.762. The molecule has 0 bridgehead atoms. The maximum Gasteiger partial charge on any atom is 0.408 e. The van der Waals surface area contributed by atoms with Crippen molar-refractivity contribution in [1.29, 1.82) is 0 Å². The summed E-state index contributed by atoms with van der Waals surface area (Å²) in [4.78, 5) is 57.2. The van der Waals surface area contributed by atoms with Crippen LogP contribution < -0.4 is 10.6 Å². The van der Waals surface area contributed by atoms with Gasteiger partial charge in [0, 0.05) is 30.3 Å². The van der Waals surface area contributed by atoms with Crippen LogP contribution in [0.2, 0.25) is 0 Å². The maximum atomic E-state index is 14.4. The van der Waals surface area contributed by atoms with Crippen molar-refractivity contribution in [3.8, 4) is 0 Å². The minimum atomic E-state index is -1.36. The van der Waals surface area contributed by atoms with Gasteiger partial charge in [0.2, 0.25) is 0 Å². The SMILES string of the molecule is CC[C@H]1OC(=O)[C@H](C)C(=O)[C@H](C)[C@@H](O[C@@H]2O[C@H](C)C[C@H](N(C)C)[C@H]2O)[C@](C)(OCCNCCCCc2ccccc2)C[C@@H](C)C(=O)[C@H](C)[C@H]2NC(=O)O[C@@]21C. The average Bonchev–Trinajstić information content (AvgIpc) is 3.47. The van der Waals surface area contributed by atoms with Gasteiger partial charge in [0.15, 0.2) is 17.7 Å². The molecule has 3 saturated heterocycles. The normalized spacial score (nSPS) is 37.9. The molecule has 0 aromatic heterocycles. The van der Waals surface area contributed by atoms with Crippen LogP contribution in [0.15, 0.2) is 30.3 Å². The highest BCUT2D eigenvalue weighted by atomic mass is 16.7. The van der Waals surface area contributed by atoms with Crippen LogP contribution in [-0.4, -0.2) is 121 Å². The number of unbranched alkanes of at least 4 members (excludes halogenated alkanes) is 1. The molecule has 3 heterocycles. The van der Waals surface area contributed by atoms with E-state index in [1.165, 1.54) is 12.5 Å². The van der Waals surface area contributed by atoms with E-state index in [9.17, 15) is 24.3 Å². The first-order valence-electron chi connectivity index (χ1n) is 20.2. The van der Waals surface area contributed by atoms with Crippen molar-refractivity contribution in [2.45, 2.75) is 148 Å². The summed E-state index contributed by atoms with van der Waals surface area (Å²) in [7, 11) is 3.76. The highest BCUT2D eigenvalue weighted by Gasteiger charge is 2.57. The van der Waals surface area contributed by atoms with E-state index in [0.29, 0.717) is 13.0 Å². The Bertz CT molecular complexity index is 1450. The number of carbonyl (C=O) groups is 4. The summed E-state index contributed by atoms with van der Waals surface area (Å²) in [6.07, 6.45) is -1.13. The zero-order chi connectivity index (χ0) is 40.7.